The Kier molecular flexibility index (Phi) is 14.5. The molecule has 1 amide bonds. The first kappa shape index (κ1) is 42.0. The lowest BCUT2D eigenvalue weighted by Gasteiger charge is -2.24. The number of amides is 1. The number of carbonyl (C=O) groups excluding carboxylic acids is 1. The predicted molar refractivity (Wildman–Crippen MR) is 215 cm³/mol. The van der Waals surface area contributed by atoms with Gasteiger partial charge in [0.15, 0.2) is 5.82 Å². The lowest BCUT2D eigenvalue weighted by atomic mass is 10.1. The van der Waals surface area contributed by atoms with E-state index in [4.69, 9.17) is 16.3 Å². The topological polar surface area (TPSA) is 172 Å². The zero-order valence-electron chi connectivity index (χ0n) is 32.1. The molecule has 0 aliphatic carbocycles. The standard InChI is InChI=1S/C27H31FN8O2.C10H15ClN4O2/c1-7-23(37)30-21-15-22(26(38-6)33-25(21)35(4)14-13-34(2)3)32-27-29-12-11-20(31-27)18-16-36(5)24-17(18)9-8-10-19(24)28;1-12-7(6-14(2)3)10-8(15(16)17)4-5-9(11)13-10/h7-12,15-16H,1,13-14H2,2-6H3,(H,30,37)(H,29,31,32);4-5,7,12H,6H2,1-3H3/i30+1;. The first-order valence-corrected chi connectivity index (χ1v) is 17.4. The summed E-state index contributed by atoms with van der Waals surface area (Å²) in [5, 5.41) is 20.9. The van der Waals surface area contributed by atoms with Crippen molar-refractivity contribution in [2.45, 2.75) is 6.04 Å². The number of nitro groups is 1. The van der Waals surface area contributed by atoms with E-state index < -0.39 is 4.92 Å². The molecule has 0 fully saturated rings. The van der Waals surface area contributed by atoms with Crippen molar-refractivity contribution >= 4 is 57.2 Å². The van der Waals surface area contributed by atoms with Crippen LogP contribution in [-0.4, -0.2) is 114 Å². The van der Waals surface area contributed by atoms with Gasteiger partial charge in [-0.1, -0.05) is 30.3 Å². The van der Waals surface area contributed by atoms with Crippen LogP contribution in [0.4, 0.5) is 33.2 Å². The summed E-state index contributed by atoms with van der Waals surface area (Å²) in [6, 6.07) is 11.0. The number of pyridine rings is 2. The van der Waals surface area contributed by atoms with Gasteiger partial charge in [-0.05, 0) is 65.6 Å². The van der Waals surface area contributed by atoms with E-state index in [1.54, 1.807) is 43.1 Å². The molecule has 0 aliphatic rings. The van der Waals surface area contributed by atoms with Crippen LogP contribution in [0.5, 0.6) is 5.88 Å². The molecule has 4 aromatic heterocycles. The lowest BCUT2D eigenvalue weighted by Crippen LogP contribution is -2.30. The summed E-state index contributed by atoms with van der Waals surface area (Å²) in [5.41, 5.74) is 3.16. The average Bonchev–Trinajstić information content (AvgIpc) is 3.50. The van der Waals surface area contributed by atoms with Gasteiger partial charge in [-0.2, -0.15) is 4.98 Å². The van der Waals surface area contributed by atoms with E-state index in [0.29, 0.717) is 53.1 Å². The Bertz CT molecular complexity index is 2150. The summed E-state index contributed by atoms with van der Waals surface area (Å²) >= 11 is 5.78. The summed E-state index contributed by atoms with van der Waals surface area (Å²) in [7, 11) is 14.7. The fourth-order valence-electron chi connectivity index (χ4n) is 5.60. The van der Waals surface area contributed by atoms with E-state index in [2.05, 4.69) is 47.4 Å². The first-order chi connectivity index (χ1) is 26.2. The number of anilines is 4. The van der Waals surface area contributed by atoms with Crippen molar-refractivity contribution in [1.82, 2.24) is 39.6 Å². The van der Waals surface area contributed by atoms with Gasteiger partial charge in [0.1, 0.15) is 22.4 Å². The van der Waals surface area contributed by atoms with Crippen molar-refractivity contribution < 1.29 is 18.8 Å². The third-order valence-corrected chi connectivity index (χ3v) is 8.48. The summed E-state index contributed by atoms with van der Waals surface area (Å²) in [6.45, 7) is 5.60. The highest BCUT2D eigenvalue weighted by atomic mass is 35.5. The van der Waals surface area contributed by atoms with Crippen molar-refractivity contribution in [2.75, 3.05) is 84.6 Å². The molecule has 1 aromatic carbocycles. The molecule has 5 rings (SSSR count). The van der Waals surface area contributed by atoms with Gasteiger partial charge < -0.3 is 40.0 Å². The second kappa shape index (κ2) is 19.0. The zero-order chi connectivity index (χ0) is 40.4. The van der Waals surface area contributed by atoms with E-state index >= 15 is 0 Å². The second-order valence-electron chi connectivity index (χ2n) is 12.9. The molecule has 16 nitrogen and oxygen atoms in total. The number of halogens is 2. The minimum atomic E-state index is -0.446. The average molecular weight is 778 g/mol. The number of rotatable bonds is 15. The SMILES string of the molecule is C=CC(=O)[15NH]c1cc(Nc2nccc(-c3cn(C)c4c(F)cccc34)n2)c(OC)nc1N(C)CCN(C)C.CNC(CN(C)C)c1nc(Cl)ccc1[N+](=O)[O-]. The van der Waals surface area contributed by atoms with Crippen LogP contribution in [0.3, 0.4) is 0 Å². The van der Waals surface area contributed by atoms with Crippen molar-refractivity contribution in [3.05, 3.63) is 94.3 Å². The van der Waals surface area contributed by atoms with Crippen molar-refractivity contribution in [2.24, 2.45) is 7.05 Å². The number of ether oxygens (including phenoxy) is 1. The molecule has 292 valence electrons. The van der Waals surface area contributed by atoms with E-state index in [-0.39, 0.29) is 34.6 Å². The maximum atomic E-state index is 14.4. The Labute approximate surface area is 324 Å². The van der Waals surface area contributed by atoms with Gasteiger partial charge >= 0.3 is 0 Å². The minimum Gasteiger partial charge on any atom is -0.479 e. The number of aryl methyl sites for hydroxylation is 1. The Morgan fingerprint density at radius 1 is 1.09 bits per heavy atom. The number of benzene rings is 1. The van der Waals surface area contributed by atoms with Crippen LogP contribution >= 0.6 is 11.6 Å². The Morgan fingerprint density at radius 3 is 2.47 bits per heavy atom. The Balaban J connectivity index is 0.000000332. The molecule has 18 heteroatoms. The van der Waals surface area contributed by atoms with E-state index in [1.807, 2.05) is 57.3 Å². The first-order valence-electron chi connectivity index (χ1n) is 17.0. The normalized spacial score (nSPS) is 11.6. The number of nitrogens with one attached hydrogen (secondary N) is 3. The van der Waals surface area contributed by atoms with Crippen molar-refractivity contribution in [1.29, 1.82) is 0 Å². The molecule has 5 aromatic rings. The molecule has 4 heterocycles. The molecule has 0 bridgehead atoms. The van der Waals surface area contributed by atoms with Gasteiger partial charge in [0.2, 0.25) is 17.7 Å². The van der Waals surface area contributed by atoms with Crippen LogP contribution in [0.25, 0.3) is 22.2 Å². The highest BCUT2D eigenvalue weighted by Crippen LogP contribution is 2.36. The maximum Gasteiger partial charge on any atom is 0.292 e. The number of fused-ring (bicyclic) bond motifs is 1. The molecule has 0 spiro atoms. The number of hydrogen-bond donors (Lipinski definition) is 3. The van der Waals surface area contributed by atoms with E-state index in [9.17, 15) is 19.3 Å². The predicted octanol–water partition coefficient (Wildman–Crippen LogP) is 5.51. The van der Waals surface area contributed by atoms with Crippen LogP contribution < -0.4 is 25.6 Å². The van der Waals surface area contributed by atoms with Crippen molar-refractivity contribution in [3.8, 4) is 17.1 Å². The largest absolute Gasteiger partial charge is 0.479 e. The highest BCUT2D eigenvalue weighted by molar-refractivity contribution is 6.29. The molecule has 1 atom stereocenters. The van der Waals surface area contributed by atoms with Crippen LogP contribution in [0.2, 0.25) is 5.15 Å². The van der Waals surface area contributed by atoms with Gasteiger partial charge in [-0.25, -0.2) is 19.3 Å². The molecule has 1 unspecified atom stereocenters. The van der Waals surface area contributed by atoms with Crippen LogP contribution in [0.15, 0.2) is 67.5 Å². The van der Waals surface area contributed by atoms with Gasteiger partial charge in [-0.3, -0.25) is 14.9 Å². The summed E-state index contributed by atoms with van der Waals surface area (Å²) in [6.07, 6.45) is 4.65. The quantitative estimate of drug-likeness (QED) is 0.0400. The number of nitrogens with zero attached hydrogens (tertiary/aromatic N) is 9. The highest BCUT2D eigenvalue weighted by Gasteiger charge is 2.24. The monoisotopic (exact) mass is 777 g/mol. The number of likely N-dealkylation sites (N-methyl/N-ethyl adjacent to an activating group) is 4. The summed E-state index contributed by atoms with van der Waals surface area (Å²) in [5.74, 6) is 0.452. The second-order valence-corrected chi connectivity index (χ2v) is 13.3. The smallest absolute Gasteiger partial charge is 0.292 e. The minimum absolute atomic E-state index is 0.0180. The molecular weight excluding hydrogens is 732 g/mol. The number of aromatic nitrogens is 5. The van der Waals surface area contributed by atoms with E-state index in [0.717, 1.165) is 17.5 Å². The van der Waals surface area contributed by atoms with Crippen LogP contribution in [0, 0.1) is 15.9 Å². The lowest BCUT2D eigenvalue weighted by molar-refractivity contribution is -0.386. The Morgan fingerprint density at radius 2 is 1.84 bits per heavy atom. The Hall–Kier alpha value is -5.75. The molecule has 0 radical (unpaired) electrons. The number of carbonyl (C=O) groups is 1. The summed E-state index contributed by atoms with van der Waals surface area (Å²) in [4.78, 5) is 46.3. The molecule has 0 saturated heterocycles. The molecule has 55 heavy (non-hydrogen) atoms. The van der Waals surface area contributed by atoms with E-state index in [1.165, 1.54) is 31.4 Å². The molecular formula is C37H46ClFN12O4. The van der Waals surface area contributed by atoms with Crippen LogP contribution in [-0.2, 0) is 11.8 Å². The van der Waals surface area contributed by atoms with Gasteiger partial charge in [0.25, 0.3) is 5.69 Å². The fourth-order valence-corrected chi connectivity index (χ4v) is 5.75. The number of methoxy groups -OCH3 is 1. The third kappa shape index (κ3) is 10.7. The maximum absolute atomic E-state index is 14.4. The number of para-hydroxylation sites is 1. The summed E-state index contributed by atoms with van der Waals surface area (Å²) < 4.78 is 21.7. The molecule has 0 aliphatic heterocycles. The number of hydrogen-bond acceptors (Lipinski definition) is 13. The zero-order valence-corrected chi connectivity index (χ0v) is 32.8. The molecule has 3 N–H and O–H groups in total. The van der Waals surface area contributed by atoms with Gasteiger partial charge in [-0.15, -0.1) is 0 Å². The third-order valence-electron chi connectivity index (χ3n) is 8.27. The fraction of sp³-hybridized carbons (Fsp3) is 0.324. The van der Waals surface area contributed by atoms with Gasteiger partial charge in [0.05, 0.1) is 35.0 Å². The van der Waals surface area contributed by atoms with Crippen LogP contribution in [0.1, 0.15) is 11.7 Å². The molecule has 0 saturated carbocycles. The van der Waals surface area contributed by atoms with Crippen molar-refractivity contribution in [3.63, 3.8) is 0 Å². The van der Waals surface area contributed by atoms with Gasteiger partial charge in [0, 0.05) is 63.1 Å².